The van der Waals surface area contributed by atoms with E-state index in [9.17, 15) is 19.2 Å². The van der Waals surface area contributed by atoms with Gasteiger partial charge in [0, 0.05) is 18.9 Å². The number of Topliss-reactive ketones (excluding diaryl/α,β-unsaturated/α-hetero) is 1. The van der Waals surface area contributed by atoms with E-state index in [0.717, 1.165) is 11.1 Å². The third-order valence-electron chi connectivity index (χ3n) is 4.97. The van der Waals surface area contributed by atoms with E-state index in [1.165, 1.54) is 0 Å². The Bertz CT molecular complexity index is 950. The molecular weight excluding hydrogens is 436 g/mol. The van der Waals surface area contributed by atoms with Gasteiger partial charge in [-0.2, -0.15) is 0 Å². The van der Waals surface area contributed by atoms with Gasteiger partial charge in [0.15, 0.2) is 0 Å². The quantitative estimate of drug-likeness (QED) is 0.411. The van der Waals surface area contributed by atoms with E-state index >= 15 is 0 Å². The smallest absolute Gasteiger partial charge is 0.408 e. The molecule has 182 valence electrons. The van der Waals surface area contributed by atoms with Gasteiger partial charge in [0.1, 0.15) is 12.6 Å². The molecule has 0 saturated heterocycles. The number of amides is 3. The average molecular weight is 469 g/mol. The Hall–Kier alpha value is -3.75. The minimum absolute atomic E-state index is 0.0653. The predicted molar refractivity (Wildman–Crippen MR) is 126 cm³/mol. The van der Waals surface area contributed by atoms with E-state index < -0.39 is 35.8 Å². The van der Waals surface area contributed by atoms with Crippen LogP contribution in [0.1, 0.15) is 44.7 Å². The molecule has 1 aromatic carbocycles. The molecule has 9 nitrogen and oxygen atoms in total. The normalized spacial score (nSPS) is 12.4. The summed E-state index contributed by atoms with van der Waals surface area (Å²) in [5, 5.41) is 7.71. The molecule has 0 radical (unpaired) electrons. The summed E-state index contributed by atoms with van der Waals surface area (Å²) in [5.74, 6) is -2.02. The van der Waals surface area contributed by atoms with Crippen molar-refractivity contribution < 1.29 is 23.9 Å². The maximum atomic E-state index is 12.9. The average Bonchev–Trinajstić information content (AvgIpc) is 2.84. The third kappa shape index (κ3) is 9.01. The van der Waals surface area contributed by atoms with Crippen LogP contribution in [0.25, 0.3) is 0 Å². The molecule has 3 N–H and O–H groups in total. The number of benzene rings is 1. The number of alkyl carbamates (subject to hydrolysis) is 1. The second kappa shape index (κ2) is 13.7. The van der Waals surface area contributed by atoms with Crippen molar-refractivity contribution in [1.29, 1.82) is 0 Å². The van der Waals surface area contributed by atoms with Gasteiger partial charge in [-0.15, -0.1) is 0 Å². The minimum atomic E-state index is -1.02. The maximum Gasteiger partial charge on any atom is 0.408 e. The molecule has 2 unspecified atom stereocenters. The summed E-state index contributed by atoms with van der Waals surface area (Å²) < 4.78 is 5.22. The first-order valence-corrected chi connectivity index (χ1v) is 11.3. The van der Waals surface area contributed by atoms with E-state index in [-0.39, 0.29) is 25.5 Å². The number of ketones is 1. The molecular formula is C25H32N4O5. The van der Waals surface area contributed by atoms with Gasteiger partial charge in [-0.1, -0.05) is 57.2 Å². The number of nitrogens with zero attached hydrogens (tertiary/aromatic N) is 1. The lowest BCUT2D eigenvalue weighted by Gasteiger charge is -2.23. The topological polar surface area (TPSA) is 126 Å². The van der Waals surface area contributed by atoms with Gasteiger partial charge in [0.2, 0.25) is 11.7 Å². The molecule has 0 aliphatic rings. The van der Waals surface area contributed by atoms with Gasteiger partial charge in [-0.25, -0.2) is 4.79 Å². The second-order valence-electron chi connectivity index (χ2n) is 8.27. The largest absolute Gasteiger partial charge is 0.445 e. The van der Waals surface area contributed by atoms with Crippen molar-refractivity contribution in [3.05, 3.63) is 66.0 Å². The van der Waals surface area contributed by atoms with Crippen molar-refractivity contribution in [3.63, 3.8) is 0 Å². The summed E-state index contributed by atoms with van der Waals surface area (Å²) in [5.41, 5.74) is 1.56. The van der Waals surface area contributed by atoms with E-state index in [1.54, 1.807) is 31.5 Å². The Morgan fingerprint density at radius 1 is 0.941 bits per heavy atom. The van der Waals surface area contributed by atoms with Crippen LogP contribution < -0.4 is 16.0 Å². The molecule has 0 saturated carbocycles. The van der Waals surface area contributed by atoms with Gasteiger partial charge in [-0.05, 0) is 36.0 Å². The van der Waals surface area contributed by atoms with Crippen molar-refractivity contribution in [2.75, 3.05) is 0 Å². The SMILES string of the molecule is CCC(NC(=O)C(CC(C)C)NC(=O)OCc1ccccc1)C(=O)C(=O)NCc1cccnc1. The lowest BCUT2D eigenvalue weighted by molar-refractivity contribution is -0.140. The first-order valence-electron chi connectivity index (χ1n) is 11.3. The van der Waals surface area contributed by atoms with Crippen molar-refractivity contribution in [3.8, 4) is 0 Å². The van der Waals surface area contributed by atoms with Crippen LogP contribution in [0.5, 0.6) is 0 Å². The fourth-order valence-electron chi connectivity index (χ4n) is 3.17. The second-order valence-corrected chi connectivity index (χ2v) is 8.27. The summed E-state index contributed by atoms with van der Waals surface area (Å²) in [6.45, 7) is 5.72. The van der Waals surface area contributed by atoms with E-state index in [2.05, 4.69) is 20.9 Å². The number of rotatable bonds is 12. The van der Waals surface area contributed by atoms with Crippen LogP contribution >= 0.6 is 0 Å². The Morgan fingerprint density at radius 3 is 2.26 bits per heavy atom. The van der Waals surface area contributed by atoms with Crippen LogP contribution in [-0.4, -0.2) is 40.8 Å². The molecule has 2 rings (SSSR count). The molecule has 0 spiro atoms. The highest BCUT2D eigenvalue weighted by Crippen LogP contribution is 2.08. The number of ether oxygens (including phenoxy) is 1. The van der Waals surface area contributed by atoms with Gasteiger partial charge < -0.3 is 20.7 Å². The van der Waals surface area contributed by atoms with Crippen molar-refractivity contribution in [1.82, 2.24) is 20.9 Å². The number of pyridine rings is 1. The number of nitrogens with one attached hydrogen (secondary N) is 3. The standard InChI is InChI=1S/C25H32N4O5/c1-4-20(22(30)24(32)27-15-19-11-8-12-26-14-19)28-23(31)21(13-17(2)3)29-25(33)34-16-18-9-6-5-7-10-18/h5-12,14,17,20-21H,4,13,15-16H2,1-3H3,(H,27,32)(H,28,31)(H,29,33). The molecule has 9 heteroatoms. The molecule has 0 aliphatic carbocycles. The number of hydrogen-bond acceptors (Lipinski definition) is 6. The van der Waals surface area contributed by atoms with Crippen molar-refractivity contribution in [2.45, 2.75) is 58.8 Å². The summed E-state index contributed by atoms with van der Waals surface area (Å²) in [4.78, 5) is 54.1. The van der Waals surface area contributed by atoms with Crippen LogP contribution in [0.15, 0.2) is 54.9 Å². The number of aromatic nitrogens is 1. The van der Waals surface area contributed by atoms with E-state index in [1.807, 2.05) is 44.2 Å². The molecule has 0 bridgehead atoms. The Morgan fingerprint density at radius 2 is 1.65 bits per heavy atom. The zero-order valence-corrected chi connectivity index (χ0v) is 19.7. The highest BCUT2D eigenvalue weighted by Gasteiger charge is 2.29. The van der Waals surface area contributed by atoms with Crippen LogP contribution in [0.4, 0.5) is 4.79 Å². The molecule has 0 fully saturated rings. The summed E-state index contributed by atoms with van der Waals surface area (Å²) >= 11 is 0. The molecule has 1 heterocycles. The first kappa shape index (κ1) is 26.5. The molecule has 0 aliphatic heterocycles. The highest BCUT2D eigenvalue weighted by atomic mass is 16.5. The lowest BCUT2D eigenvalue weighted by Crippen LogP contribution is -2.54. The Labute approximate surface area is 199 Å². The lowest BCUT2D eigenvalue weighted by atomic mass is 10.0. The maximum absolute atomic E-state index is 12.9. The zero-order valence-electron chi connectivity index (χ0n) is 19.7. The Balaban J connectivity index is 1.93. The number of carbonyl (C=O) groups is 4. The van der Waals surface area contributed by atoms with Crippen LogP contribution in [0.3, 0.4) is 0 Å². The third-order valence-corrected chi connectivity index (χ3v) is 4.97. The molecule has 34 heavy (non-hydrogen) atoms. The molecule has 3 amide bonds. The predicted octanol–water partition coefficient (Wildman–Crippen LogP) is 2.50. The first-order chi connectivity index (χ1) is 16.3. The summed E-state index contributed by atoms with van der Waals surface area (Å²) in [6, 6.07) is 10.7. The highest BCUT2D eigenvalue weighted by molar-refractivity contribution is 6.38. The Kier molecular flexibility index (Phi) is 10.7. The number of carbonyl (C=O) groups excluding carboxylic acids is 4. The number of hydrogen-bond donors (Lipinski definition) is 3. The van der Waals surface area contributed by atoms with Crippen LogP contribution in [-0.2, 0) is 32.3 Å². The van der Waals surface area contributed by atoms with Gasteiger partial charge in [-0.3, -0.25) is 19.4 Å². The van der Waals surface area contributed by atoms with Crippen LogP contribution in [0, 0.1) is 5.92 Å². The van der Waals surface area contributed by atoms with Crippen LogP contribution in [0.2, 0.25) is 0 Å². The van der Waals surface area contributed by atoms with Crippen molar-refractivity contribution >= 4 is 23.7 Å². The van der Waals surface area contributed by atoms with Gasteiger partial charge in [0.25, 0.3) is 5.91 Å². The molecule has 2 atom stereocenters. The summed E-state index contributed by atoms with van der Waals surface area (Å²) in [7, 11) is 0. The van der Waals surface area contributed by atoms with Gasteiger partial charge in [0.05, 0.1) is 6.04 Å². The van der Waals surface area contributed by atoms with Gasteiger partial charge >= 0.3 is 6.09 Å². The molecule has 1 aromatic heterocycles. The summed E-state index contributed by atoms with van der Waals surface area (Å²) in [6.07, 6.45) is 3.02. The monoisotopic (exact) mass is 468 g/mol. The van der Waals surface area contributed by atoms with E-state index in [0.29, 0.717) is 6.42 Å². The fraction of sp³-hybridized carbons (Fsp3) is 0.400. The van der Waals surface area contributed by atoms with E-state index in [4.69, 9.17) is 4.74 Å². The minimum Gasteiger partial charge on any atom is -0.445 e. The van der Waals surface area contributed by atoms with Crippen molar-refractivity contribution in [2.24, 2.45) is 5.92 Å². The molecule has 2 aromatic rings. The zero-order chi connectivity index (χ0) is 24.9. The fourth-order valence-corrected chi connectivity index (χ4v) is 3.17.